The van der Waals surface area contributed by atoms with Crippen LogP contribution >= 0.6 is 0 Å². The molecule has 3 rings (SSSR count). The zero-order valence-corrected chi connectivity index (χ0v) is 16.5. The molecule has 148 valence electrons. The highest BCUT2D eigenvalue weighted by molar-refractivity contribution is 5.84. The molecule has 2 aromatic rings. The summed E-state index contributed by atoms with van der Waals surface area (Å²) < 4.78 is 15.4. The molecule has 5 nitrogen and oxygen atoms in total. The van der Waals surface area contributed by atoms with Crippen molar-refractivity contribution < 1.29 is 9.18 Å². The Morgan fingerprint density at radius 3 is 2.81 bits per heavy atom. The number of halogens is 1. The molecule has 0 saturated carbocycles. The predicted octanol–water partition coefficient (Wildman–Crippen LogP) is 3.38. The van der Waals surface area contributed by atoms with Gasteiger partial charge in [0.05, 0.1) is 5.52 Å². The summed E-state index contributed by atoms with van der Waals surface area (Å²) in [5, 5.41) is 4.08. The van der Waals surface area contributed by atoms with Gasteiger partial charge in [-0.15, -0.1) is 0 Å². The molecule has 0 aliphatic carbocycles. The number of amides is 2. The highest BCUT2D eigenvalue weighted by Gasteiger charge is 2.14. The van der Waals surface area contributed by atoms with Gasteiger partial charge in [0.1, 0.15) is 5.82 Å². The van der Waals surface area contributed by atoms with Gasteiger partial charge in [-0.05, 0) is 76.0 Å². The number of rotatable bonds is 8. The number of nitrogens with one attached hydrogen (secondary N) is 1. The van der Waals surface area contributed by atoms with Crippen LogP contribution in [0, 0.1) is 5.82 Å². The molecule has 0 radical (unpaired) electrons. The molecule has 1 saturated heterocycles. The van der Waals surface area contributed by atoms with E-state index < -0.39 is 0 Å². The summed E-state index contributed by atoms with van der Waals surface area (Å²) in [6.07, 6.45) is 6.39. The second-order valence-electron chi connectivity index (χ2n) is 7.39. The van der Waals surface area contributed by atoms with Crippen LogP contribution in [0.5, 0.6) is 0 Å². The van der Waals surface area contributed by atoms with Crippen LogP contribution in [0.25, 0.3) is 10.9 Å². The number of carbonyl (C=O) groups is 1. The fraction of sp³-hybridized carbons (Fsp3) is 0.571. The average molecular weight is 375 g/mol. The van der Waals surface area contributed by atoms with Gasteiger partial charge >= 0.3 is 6.03 Å². The van der Waals surface area contributed by atoms with Gasteiger partial charge in [0.15, 0.2) is 0 Å². The first-order valence-corrected chi connectivity index (χ1v) is 10.1. The van der Waals surface area contributed by atoms with Crippen LogP contribution in [-0.2, 0) is 13.5 Å². The van der Waals surface area contributed by atoms with Crippen LogP contribution < -0.4 is 5.32 Å². The molecule has 6 heteroatoms. The zero-order valence-electron chi connectivity index (χ0n) is 16.5. The number of aryl methyl sites for hydroxylation is 1. The van der Waals surface area contributed by atoms with Crippen molar-refractivity contribution in [2.75, 3.05) is 39.3 Å². The summed E-state index contributed by atoms with van der Waals surface area (Å²) in [5.41, 5.74) is 2.01. The second-order valence-corrected chi connectivity index (χ2v) is 7.39. The van der Waals surface area contributed by atoms with E-state index in [9.17, 15) is 9.18 Å². The topological polar surface area (TPSA) is 40.5 Å². The normalized spacial score (nSPS) is 14.8. The molecule has 1 aliphatic rings. The number of aromatic nitrogens is 1. The Balaban J connectivity index is 1.46. The zero-order chi connectivity index (χ0) is 19.2. The minimum absolute atomic E-state index is 0.00482. The van der Waals surface area contributed by atoms with E-state index >= 15 is 0 Å². The largest absolute Gasteiger partial charge is 0.350 e. The molecule has 0 bridgehead atoms. The molecular formula is C21H31FN4O. The molecule has 1 fully saturated rings. The van der Waals surface area contributed by atoms with Gasteiger partial charge in [0.2, 0.25) is 0 Å². The van der Waals surface area contributed by atoms with Crippen LogP contribution in [0.15, 0.2) is 24.4 Å². The van der Waals surface area contributed by atoms with Crippen molar-refractivity contribution in [2.24, 2.45) is 7.05 Å². The molecule has 1 aromatic heterocycles. The third-order valence-electron chi connectivity index (χ3n) is 5.48. The van der Waals surface area contributed by atoms with Crippen molar-refractivity contribution in [3.63, 3.8) is 0 Å². The standard InChI is InChI=1S/C21H31FN4O/c1-3-26(14-6-13-25-11-4-5-12-25)21(27)23-10-9-17-16-24(2)20-15-18(22)7-8-19(17)20/h7-8,15-16H,3-6,9-14H2,1-2H3,(H,23,27). The monoisotopic (exact) mass is 374 g/mol. The van der Waals surface area contributed by atoms with Gasteiger partial charge in [-0.25, -0.2) is 9.18 Å². The van der Waals surface area contributed by atoms with Crippen molar-refractivity contribution in [3.05, 3.63) is 35.8 Å². The Labute approximate surface area is 161 Å². The van der Waals surface area contributed by atoms with Gasteiger partial charge in [0, 0.05) is 38.3 Å². The number of nitrogens with zero attached hydrogens (tertiary/aromatic N) is 3. The van der Waals surface area contributed by atoms with E-state index in [4.69, 9.17) is 0 Å². The van der Waals surface area contributed by atoms with E-state index in [0.717, 1.165) is 48.9 Å². The molecule has 27 heavy (non-hydrogen) atoms. The quantitative estimate of drug-likeness (QED) is 0.770. The fourth-order valence-electron chi connectivity index (χ4n) is 3.95. The lowest BCUT2D eigenvalue weighted by Crippen LogP contribution is -2.41. The SMILES string of the molecule is CCN(CCCN1CCCC1)C(=O)NCCc1cn(C)c2cc(F)ccc12. The summed E-state index contributed by atoms with van der Waals surface area (Å²) >= 11 is 0. The predicted molar refractivity (Wildman–Crippen MR) is 108 cm³/mol. The highest BCUT2D eigenvalue weighted by atomic mass is 19.1. The minimum atomic E-state index is -0.226. The van der Waals surface area contributed by atoms with Crippen molar-refractivity contribution in [1.29, 1.82) is 0 Å². The number of likely N-dealkylation sites (tertiary alicyclic amines) is 1. The number of benzene rings is 1. The van der Waals surface area contributed by atoms with Gasteiger partial charge in [-0.3, -0.25) is 0 Å². The molecule has 1 aliphatic heterocycles. The first-order valence-electron chi connectivity index (χ1n) is 10.1. The number of carbonyl (C=O) groups excluding carboxylic acids is 1. The van der Waals surface area contributed by atoms with E-state index in [1.54, 1.807) is 6.07 Å². The summed E-state index contributed by atoms with van der Waals surface area (Å²) in [5.74, 6) is -0.226. The van der Waals surface area contributed by atoms with E-state index in [-0.39, 0.29) is 11.8 Å². The maximum absolute atomic E-state index is 13.4. The Morgan fingerprint density at radius 2 is 2.07 bits per heavy atom. The van der Waals surface area contributed by atoms with Crippen LogP contribution in [0.4, 0.5) is 9.18 Å². The van der Waals surface area contributed by atoms with Gasteiger partial charge in [-0.1, -0.05) is 0 Å². The summed E-state index contributed by atoms with van der Waals surface area (Å²) in [4.78, 5) is 16.8. The van der Waals surface area contributed by atoms with E-state index in [2.05, 4.69) is 10.2 Å². The summed E-state index contributed by atoms with van der Waals surface area (Å²) in [6.45, 7) is 7.61. The molecule has 1 aromatic carbocycles. The molecule has 0 unspecified atom stereocenters. The Kier molecular flexibility index (Phi) is 6.72. The maximum atomic E-state index is 13.4. The number of hydrogen-bond acceptors (Lipinski definition) is 2. The third-order valence-corrected chi connectivity index (χ3v) is 5.48. The number of urea groups is 1. The van der Waals surface area contributed by atoms with E-state index in [1.165, 1.54) is 32.0 Å². The van der Waals surface area contributed by atoms with E-state index in [0.29, 0.717) is 6.54 Å². The first kappa shape index (κ1) is 19.7. The van der Waals surface area contributed by atoms with Gasteiger partial charge < -0.3 is 19.7 Å². The lowest BCUT2D eigenvalue weighted by Gasteiger charge is -2.23. The van der Waals surface area contributed by atoms with Crippen LogP contribution in [0.3, 0.4) is 0 Å². The third kappa shape index (κ3) is 5.01. The molecule has 0 atom stereocenters. The molecule has 2 heterocycles. The Hall–Kier alpha value is -2.08. The van der Waals surface area contributed by atoms with Crippen molar-refractivity contribution in [1.82, 2.24) is 19.7 Å². The summed E-state index contributed by atoms with van der Waals surface area (Å²) in [6, 6.07) is 4.86. The lowest BCUT2D eigenvalue weighted by atomic mass is 10.1. The minimum Gasteiger partial charge on any atom is -0.350 e. The van der Waals surface area contributed by atoms with Crippen LogP contribution in [-0.4, -0.2) is 59.7 Å². The Bertz CT molecular complexity index is 767. The molecule has 0 spiro atoms. The van der Waals surface area contributed by atoms with Crippen molar-refractivity contribution >= 4 is 16.9 Å². The molecule has 2 amide bonds. The average Bonchev–Trinajstić information content (AvgIpc) is 3.27. The molecular weight excluding hydrogens is 343 g/mol. The number of fused-ring (bicyclic) bond motifs is 1. The summed E-state index contributed by atoms with van der Waals surface area (Å²) in [7, 11) is 1.92. The highest BCUT2D eigenvalue weighted by Crippen LogP contribution is 2.21. The molecule has 1 N–H and O–H groups in total. The van der Waals surface area contributed by atoms with Gasteiger partial charge in [0.25, 0.3) is 0 Å². The van der Waals surface area contributed by atoms with Crippen molar-refractivity contribution in [3.8, 4) is 0 Å². The second kappa shape index (κ2) is 9.22. The number of hydrogen-bond donors (Lipinski definition) is 1. The fourth-order valence-corrected chi connectivity index (χ4v) is 3.95. The lowest BCUT2D eigenvalue weighted by molar-refractivity contribution is 0.196. The van der Waals surface area contributed by atoms with Gasteiger partial charge in [-0.2, -0.15) is 0 Å². The maximum Gasteiger partial charge on any atom is 0.317 e. The van der Waals surface area contributed by atoms with Crippen LogP contribution in [0.1, 0.15) is 31.7 Å². The smallest absolute Gasteiger partial charge is 0.317 e. The van der Waals surface area contributed by atoms with E-state index in [1.807, 2.05) is 35.7 Å². The first-order chi connectivity index (χ1) is 13.1. The van der Waals surface area contributed by atoms with Crippen LogP contribution in [0.2, 0.25) is 0 Å². The Morgan fingerprint density at radius 1 is 1.30 bits per heavy atom. The van der Waals surface area contributed by atoms with Crippen molar-refractivity contribution in [2.45, 2.75) is 32.6 Å².